The average molecular weight is 570 g/mol. The van der Waals surface area contributed by atoms with Gasteiger partial charge in [0.25, 0.3) is 11.5 Å². The highest BCUT2D eigenvalue weighted by atomic mass is 16.5. The molecule has 9 atom stereocenters. The molecule has 1 aromatic heterocycles. The first kappa shape index (κ1) is 30.0. The summed E-state index contributed by atoms with van der Waals surface area (Å²) in [5, 5.41) is 16.2. The predicted molar refractivity (Wildman–Crippen MR) is 155 cm³/mol. The quantitative estimate of drug-likeness (QED) is 0.522. The minimum absolute atomic E-state index is 0.0591. The van der Waals surface area contributed by atoms with E-state index in [0.717, 1.165) is 36.9 Å². The number of hydrogen-bond donors (Lipinski definition) is 2. The van der Waals surface area contributed by atoms with Crippen molar-refractivity contribution >= 4 is 17.7 Å². The molecule has 1 aromatic rings. The Kier molecular flexibility index (Phi) is 7.77. The van der Waals surface area contributed by atoms with E-state index < -0.39 is 34.6 Å². The summed E-state index contributed by atoms with van der Waals surface area (Å²) in [4.78, 5) is 54.1. The zero-order chi connectivity index (χ0) is 29.9. The number of rotatable bonds is 5. The number of nitrogens with one attached hydrogen (secondary N) is 1. The molecule has 5 rings (SSSR count). The van der Waals surface area contributed by atoms with Gasteiger partial charge < -0.3 is 15.2 Å². The monoisotopic (exact) mass is 569 g/mol. The first-order valence-corrected chi connectivity index (χ1v) is 15.5. The average Bonchev–Trinajstić information content (AvgIpc) is 3.62. The summed E-state index contributed by atoms with van der Waals surface area (Å²) in [6.07, 6.45) is 5.80. The van der Waals surface area contributed by atoms with E-state index in [-0.39, 0.29) is 46.5 Å². The molecule has 3 saturated carbocycles. The predicted octanol–water partition coefficient (Wildman–Crippen LogP) is 3.44. The SMILES string of the molecule is CC[C@]1(C)C[C@@H](OC(=O)c2cccn(N(C)C(=O)[C@H]3CCCN3)c2=O)[C@]2(C)C(C)CC[C@]3(CCC(=O)C32)[C@@H](C)[C@@H]1O. The third kappa shape index (κ3) is 4.49. The van der Waals surface area contributed by atoms with E-state index in [4.69, 9.17) is 4.74 Å². The van der Waals surface area contributed by atoms with Gasteiger partial charge in [0.15, 0.2) is 0 Å². The van der Waals surface area contributed by atoms with Crippen molar-refractivity contribution in [3.05, 3.63) is 34.2 Å². The van der Waals surface area contributed by atoms with Gasteiger partial charge in [0, 0.05) is 31.0 Å². The van der Waals surface area contributed by atoms with Crippen molar-refractivity contribution in [3.8, 4) is 0 Å². The van der Waals surface area contributed by atoms with E-state index in [1.807, 2.05) is 0 Å². The zero-order valence-corrected chi connectivity index (χ0v) is 25.4. The minimum Gasteiger partial charge on any atom is -0.458 e. The van der Waals surface area contributed by atoms with Gasteiger partial charge in [-0.15, -0.1) is 0 Å². The van der Waals surface area contributed by atoms with Gasteiger partial charge in [0.05, 0.1) is 12.1 Å². The maximum atomic E-state index is 13.9. The fourth-order valence-electron chi connectivity index (χ4n) is 9.00. The number of pyridine rings is 1. The van der Waals surface area contributed by atoms with Gasteiger partial charge in [0.1, 0.15) is 17.5 Å². The Bertz CT molecular complexity index is 1270. The van der Waals surface area contributed by atoms with Crippen molar-refractivity contribution in [2.45, 2.75) is 104 Å². The number of nitrogens with zero attached hydrogens (tertiary/aromatic N) is 2. The minimum atomic E-state index is -0.759. The van der Waals surface area contributed by atoms with Crippen molar-refractivity contribution in [1.29, 1.82) is 0 Å². The van der Waals surface area contributed by atoms with Gasteiger partial charge in [-0.1, -0.05) is 34.6 Å². The van der Waals surface area contributed by atoms with Crippen molar-refractivity contribution in [3.63, 3.8) is 0 Å². The van der Waals surface area contributed by atoms with Crippen LogP contribution in [0.1, 0.15) is 96.3 Å². The summed E-state index contributed by atoms with van der Waals surface area (Å²) in [6, 6.07) is 2.64. The van der Waals surface area contributed by atoms with E-state index >= 15 is 0 Å². The van der Waals surface area contributed by atoms with E-state index in [0.29, 0.717) is 25.7 Å². The summed E-state index contributed by atoms with van der Waals surface area (Å²) in [5.41, 5.74) is -2.30. The summed E-state index contributed by atoms with van der Waals surface area (Å²) in [7, 11) is 1.53. The normalized spacial score (nSPS) is 40.4. The molecule has 1 amide bonds. The Balaban J connectivity index is 1.53. The van der Waals surface area contributed by atoms with E-state index in [1.165, 1.54) is 24.3 Å². The van der Waals surface area contributed by atoms with Crippen LogP contribution in [0.2, 0.25) is 0 Å². The number of amides is 1. The molecule has 0 radical (unpaired) electrons. The summed E-state index contributed by atoms with van der Waals surface area (Å²) < 4.78 is 7.51. The van der Waals surface area contributed by atoms with Crippen molar-refractivity contribution in [1.82, 2.24) is 9.99 Å². The number of carbonyl (C=O) groups is 3. The Morgan fingerprint density at radius 2 is 1.93 bits per heavy atom. The molecule has 4 fully saturated rings. The second-order valence-corrected chi connectivity index (χ2v) is 13.9. The number of aliphatic hydroxyl groups is 1. The Morgan fingerprint density at radius 3 is 2.59 bits per heavy atom. The number of hydrogen-bond acceptors (Lipinski definition) is 7. The first-order chi connectivity index (χ1) is 19.3. The van der Waals surface area contributed by atoms with E-state index in [2.05, 4.69) is 39.9 Å². The number of likely N-dealkylation sites (N-methyl/N-ethyl adjacent to an activating group) is 1. The molecule has 0 spiro atoms. The van der Waals surface area contributed by atoms with Crippen molar-refractivity contribution in [2.75, 3.05) is 18.6 Å². The number of ketones is 1. The zero-order valence-electron chi connectivity index (χ0n) is 25.4. The van der Waals surface area contributed by atoms with Crippen LogP contribution >= 0.6 is 0 Å². The third-order valence-electron chi connectivity index (χ3n) is 12.1. The van der Waals surface area contributed by atoms with E-state index in [1.54, 1.807) is 6.07 Å². The summed E-state index contributed by atoms with van der Waals surface area (Å²) in [5.74, 6) is -1.07. The largest absolute Gasteiger partial charge is 0.458 e. The molecule has 2 unspecified atom stereocenters. The number of aromatic nitrogens is 1. The lowest BCUT2D eigenvalue weighted by Gasteiger charge is -2.62. The van der Waals surface area contributed by atoms with E-state index in [9.17, 15) is 24.3 Å². The molecule has 226 valence electrons. The molecular formula is C32H47N3O6. The molecule has 0 aromatic carbocycles. The first-order valence-electron chi connectivity index (χ1n) is 15.5. The third-order valence-corrected chi connectivity index (χ3v) is 12.1. The van der Waals surface area contributed by atoms with Crippen LogP contribution in [0.5, 0.6) is 0 Å². The fourth-order valence-corrected chi connectivity index (χ4v) is 9.00. The van der Waals surface area contributed by atoms with Crippen LogP contribution in [-0.2, 0) is 14.3 Å². The fraction of sp³-hybridized carbons (Fsp3) is 0.750. The topological polar surface area (TPSA) is 118 Å². The van der Waals surface area contributed by atoms with Gasteiger partial charge in [-0.2, -0.15) is 0 Å². The number of ether oxygens (including phenoxy) is 1. The molecule has 1 saturated heterocycles. The highest BCUT2D eigenvalue weighted by molar-refractivity contribution is 5.92. The van der Waals surface area contributed by atoms with Crippen LogP contribution in [0, 0.1) is 34.0 Å². The molecule has 2 N–H and O–H groups in total. The second-order valence-electron chi connectivity index (χ2n) is 13.9. The maximum Gasteiger partial charge on any atom is 0.344 e. The molecule has 2 heterocycles. The lowest BCUT2D eigenvalue weighted by atomic mass is 9.43. The van der Waals surface area contributed by atoms with Crippen LogP contribution in [0.25, 0.3) is 0 Å². The lowest BCUT2D eigenvalue weighted by molar-refractivity contribution is -0.199. The van der Waals surface area contributed by atoms with Gasteiger partial charge >= 0.3 is 5.97 Å². The molecule has 1 aliphatic heterocycles. The van der Waals surface area contributed by atoms with Crippen molar-refractivity contribution < 1.29 is 24.2 Å². The number of aliphatic hydroxyl groups excluding tert-OH is 1. The molecule has 4 aliphatic rings. The number of carbonyl (C=O) groups excluding carboxylic acids is 3. The highest BCUT2D eigenvalue weighted by Crippen LogP contribution is 2.68. The van der Waals surface area contributed by atoms with Crippen molar-refractivity contribution in [2.24, 2.45) is 34.0 Å². The Labute approximate surface area is 243 Å². The van der Waals surface area contributed by atoms with Gasteiger partial charge in [0.2, 0.25) is 0 Å². The van der Waals surface area contributed by atoms with Crippen LogP contribution in [-0.4, -0.2) is 59.3 Å². The Hall–Kier alpha value is -2.52. The highest BCUT2D eigenvalue weighted by Gasteiger charge is 2.68. The number of esters is 1. The number of Topliss-reactive ketones (excluding diaryl/α,β-unsaturated/α-hetero) is 1. The molecule has 9 heteroatoms. The summed E-state index contributed by atoms with van der Waals surface area (Å²) >= 11 is 0. The maximum absolute atomic E-state index is 13.9. The molecule has 9 nitrogen and oxygen atoms in total. The van der Waals surface area contributed by atoms with Gasteiger partial charge in [-0.05, 0) is 86.3 Å². The second kappa shape index (κ2) is 10.6. The van der Waals surface area contributed by atoms with Crippen LogP contribution in [0.15, 0.2) is 23.1 Å². The van der Waals surface area contributed by atoms with Gasteiger partial charge in [-0.3, -0.25) is 14.4 Å². The van der Waals surface area contributed by atoms with Crippen LogP contribution < -0.4 is 15.9 Å². The smallest absolute Gasteiger partial charge is 0.344 e. The molecule has 2 bridgehead atoms. The molecular weight excluding hydrogens is 522 g/mol. The Morgan fingerprint density at radius 1 is 1.20 bits per heavy atom. The van der Waals surface area contributed by atoms with Crippen LogP contribution in [0.3, 0.4) is 0 Å². The molecule has 41 heavy (non-hydrogen) atoms. The standard InChI is InChI=1S/C32H47N3O6/c1-7-30(4)18-24(31(5)19(2)12-14-32(20(3)26(30)37)15-13-23(36)25(31)32)41-29(40)21-10-9-17-35(27(21)38)34(6)28(39)22-11-8-16-33-22/h9-10,17,19-20,22,24-26,33,37H,7-8,11-16,18H2,1-6H3/t19?,20-,22+,24+,25?,26-,30+,31-,32-/m0/s1. The van der Waals surface area contributed by atoms with Crippen LogP contribution in [0.4, 0.5) is 0 Å². The van der Waals surface area contributed by atoms with Gasteiger partial charge in [-0.25, -0.2) is 14.5 Å². The summed E-state index contributed by atoms with van der Waals surface area (Å²) in [6.45, 7) is 11.2. The molecule has 3 aliphatic carbocycles. The lowest BCUT2D eigenvalue weighted by Crippen LogP contribution is -2.63.